The summed E-state index contributed by atoms with van der Waals surface area (Å²) >= 11 is 0. The van der Waals surface area contributed by atoms with Crippen LogP contribution in [0.5, 0.6) is 11.5 Å². The molecule has 10 nitrogen and oxygen atoms in total. The number of nitrogens with zero attached hydrogens (tertiary/aromatic N) is 1. The standard InChI is InChI=1S/C29H40N4O6/c1-19(2)27(29(37)30-22(18-34)15-20-7-11-23(38-5)12-8-20)32-28(36)25(31-26(35)17-33(3)4)16-21-9-13-24(39-6)14-10-21/h7-14,18-19,22,25,27H,15-17H2,1-6H3,(H,30,37)(H,31,35)(H,32,36)/t22-,25-,27-/m0/s1. The van der Waals surface area contributed by atoms with E-state index in [0.717, 1.165) is 11.1 Å². The summed E-state index contributed by atoms with van der Waals surface area (Å²) in [4.78, 5) is 52.6. The lowest BCUT2D eigenvalue weighted by molar-refractivity contribution is -0.133. The van der Waals surface area contributed by atoms with Crippen LogP contribution < -0.4 is 25.4 Å². The van der Waals surface area contributed by atoms with Gasteiger partial charge in [0.25, 0.3) is 0 Å². The second-order valence-corrected chi connectivity index (χ2v) is 9.94. The lowest BCUT2D eigenvalue weighted by atomic mass is 10.00. The smallest absolute Gasteiger partial charge is 0.243 e. The van der Waals surface area contributed by atoms with Crippen molar-refractivity contribution in [2.45, 2.75) is 44.8 Å². The summed E-state index contributed by atoms with van der Waals surface area (Å²) in [5.74, 6) is -0.209. The Balaban J connectivity index is 2.14. The SMILES string of the molecule is COc1ccc(C[C@@H](C=O)NC(=O)[C@@H](NC(=O)[C@H](Cc2ccc(OC)cc2)NC(=O)CN(C)C)C(C)C)cc1. The number of aldehydes is 1. The van der Waals surface area contributed by atoms with Gasteiger partial charge < -0.3 is 35.1 Å². The fourth-order valence-corrected chi connectivity index (χ4v) is 3.94. The third-order valence-corrected chi connectivity index (χ3v) is 6.06. The number of carbonyl (C=O) groups is 4. The molecule has 0 radical (unpaired) electrons. The van der Waals surface area contributed by atoms with Gasteiger partial charge in [-0.3, -0.25) is 14.4 Å². The summed E-state index contributed by atoms with van der Waals surface area (Å²) in [5.41, 5.74) is 1.66. The van der Waals surface area contributed by atoms with Crippen LogP contribution in [0.3, 0.4) is 0 Å². The molecule has 39 heavy (non-hydrogen) atoms. The molecule has 0 aliphatic rings. The monoisotopic (exact) mass is 540 g/mol. The van der Waals surface area contributed by atoms with Gasteiger partial charge in [-0.05, 0) is 61.8 Å². The van der Waals surface area contributed by atoms with Gasteiger partial charge in [0.2, 0.25) is 17.7 Å². The molecule has 0 spiro atoms. The molecule has 2 aromatic carbocycles. The Morgan fingerprint density at radius 1 is 0.795 bits per heavy atom. The van der Waals surface area contributed by atoms with Gasteiger partial charge in [0, 0.05) is 6.42 Å². The van der Waals surface area contributed by atoms with E-state index < -0.39 is 29.9 Å². The van der Waals surface area contributed by atoms with Gasteiger partial charge in [0.1, 0.15) is 29.9 Å². The molecule has 2 rings (SSSR count). The second-order valence-electron chi connectivity index (χ2n) is 9.94. The zero-order chi connectivity index (χ0) is 28.9. The van der Waals surface area contributed by atoms with Crippen molar-refractivity contribution in [1.82, 2.24) is 20.9 Å². The minimum atomic E-state index is -0.917. The van der Waals surface area contributed by atoms with Gasteiger partial charge in [-0.15, -0.1) is 0 Å². The first kappa shape index (κ1) is 31.3. The van der Waals surface area contributed by atoms with Crippen molar-refractivity contribution in [3.63, 3.8) is 0 Å². The van der Waals surface area contributed by atoms with E-state index in [1.54, 1.807) is 71.3 Å². The van der Waals surface area contributed by atoms with Crippen LogP contribution in [0.1, 0.15) is 25.0 Å². The highest BCUT2D eigenvalue weighted by Gasteiger charge is 2.30. The number of benzene rings is 2. The van der Waals surface area contributed by atoms with E-state index in [9.17, 15) is 19.2 Å². The van der Waals surface area contributed by atoms with Crippen molar-refractivity contribution < 1.29 is 28.7 Å². The molecule has 0 bridgehead atoms. The molecule has 0 saturated heterocycles. The molecule has 3 N–H and O–H groups in total. The first-order valence-electron chi connectivity index (χ1n) is 12.8. The maximum absolute atomic E-state index is 13.4. The average molecular weight is 541 g/mol. The highest BCUT2D eigenvalue weighted by molar-refractivity contribution is 5.93. The molecule has 212 valence electrons. The Morgan fingerprint density at radius 2 is 1.31 bits per heavy atom. The number of methoxy groups -OCH3 is 2. The summed E-state index contributed by atoms with van der Waals surface area (Å²) in [6, 6.07) is 11.8. The van der Waals surface area contributed by atoms with Gasteiger partial charge >= 0.3 is 0 Å². The van der Waals surface area contributed by atoms with Crippen molar-refractivity contribution in [2.75, 3.05) is 34.9 Å². The molecule has 10 heteroatoms. The van der Waals surface area contributed by atoms with Gasteiger partial charge in [0.15, 0.2) is 0 Å². The van der Waals surface area contributed by atoms with Crippen LogP contribution in [0.25, 0.3) is 0 Å². The summed E-state index contributed by atoms with van der Waals surface area (Å²) in [6.45, 7) is 3.70. The molecule has 0 fully saturated rings. The second kappa shape index (κ2) is 15.5. The highest BCUT2D eigenvalue weighted by atomic mass is 16.5. The maximum Gasteiger partial charge on any atom is 0.243 e. The Kier molecular flexibility index (Phi) is 12.4. The number of hydrogen-bond acceptors (Lipinski definition) is 7. The number of likely N-dealkylation sites (N-methyl/N-ethyl adjacent to an activating group) is 1. The molecular weight excluding hydrogens is 500 g/mol. The van der Waals surface area contributed by atoms with Gasteiger partial charge in [-0.1, -0.05) is 38.1 Å². The molecule has 0 aromatic heterocycles. The molecule has 0 saturated carbocycles. The lowest BCUT2D eigenvalue weighted by Gasteiger charge is -2.27. The Bertz CT molecular complexity index is 1090. The quantitative estimate of drug-likeness (QED) is 0.291. The van der Waals surface area contributed by atoms with Crippen LogP contribution >= 0.6 is 0 Å². The van der Waals surface area contributed by atoms with Crippen molar-refractivity contribution in [3.05, 3.63) is 59.7 Å². The van der Waals surface area contributed by atoms with E-state index in [1.165, 1.54) is 0 Å². The Labute approximate surface area is 230 Å². The van der Waals surface area contributed by atoms with Gasteiger partial charge in [-0.25, -0.2) is 0 Å². The highest BCUT2D eigenvalue weighted by Crippen LogP contribution is 2.14. The molecule has 0 heterocycles. The van der Waals surface area contributed by atoms with Crippen molar-refractivity contribution in [3.8, 4) is 11.5 Å². The minimum absolute atomic E-state index is 0.104. The van der Waals surface area contributed by atoms with Crippen molar-refractivity contribution in [2.24, 2.45) is 5.92 Å². The number of amides is 3. The zero-order valence-electron chi connectivity index (χ0n) is 23.5. The third-order valence-electron chi connectivity index (χ3n) is 6.06. The first-order chi connectivity index (χ1) is 18.6. The van der Waals surface area contributed by atoms with Gasteiger partial charge in [0.05, 0.1) is 26.8 Å². The number of nitrogens with one attached hydrogen (secondary N) is 3. The molecule has 0 aliphatic heterocycles. The van der Waals surface area contributed by atoms with Crippen LogP contribution in [0.4, 0.5) is 0 Å². The Hall–Kier alpha value is -3.92. The molecule has 2 aromatic rings. The van der Waals surface area contributed by atoms with Gasteiger partial charge in [-0.2, -0.15) is 0 Å². The summed E-state index contributed by atoms with van der Waals surface area (Å²) < 4.78 is 10.4. The predicted molar refractivity (Wildman–Crippen MR) is 149 cm³/mol. The minimum Gasteiger partial charge on any atom is -0.497 e. The predicted octanol–water partition coefficient (Wildman–Crippen LogP) is 1.36. The number of rotatable bonds is 15. The summed E-state index contributed by atoms with van der Waals surface area (Å²) in [6.07, 6.45) is 1.18. The van der Waals surface area contributed by atoms with E-state index in [1.807, 2.05) is 24.3 Å². The number of hydrogen-bond donors (Lipinski definition) is 3. The normalized spacial score (nSPS) is 13.2. The van der Waals surface area contributed by atoms with Crippen LogP contribution in [-0.4, -0.2) is 81.9 Å². The van der Waals surface area contributed by atoms with Crippen molar-refractivity contribution >= 4 is 24.0 Å². The van der Waals surface area contributed by atoms with Crippen LogP contribution in [-0.2, 0) is 32.0 Å². The average Bonchev–Trinajstić information content (AvgIpc) is 2.90. The van der Waals surface area contributed by atoms with E-state index in [4.69, 9.17) is 9.47 Å². The fourth-order valence-electron chi connectivity index (χ4n) is 3.94. The van der Waals surface area contributed by atoms with Crippen molar-refractivity contribution in [1.29, 1.82) is 0 Å². The summed E-state index contributed by atoms with van der Waals surface area (Å²) in [7, 11) is 6.65. The first-order valence-corrected chi connectivity index (χ1v) is 12.8. The Morgan fingerprint density at radius 3 is 1.74 bits per heavy atom. The molecule has 0 unspecified atom stereocenters. The van der Waals surface area contributed by atoms with E-state index in [2.05, 4.69) is 16.0 Å². The maximum atomic E-state index is 13.4. The third kappa shape index (κ3) is 10.4. The molecular formula is C29H40N4O6. The number of carbonyl (C=O) groups excluding carboxylic acids is 4. The summed E-state index contributed by atoms with van der Waals surface area (Å²) in [5, 5.41) is 8.31. The van der Waals surface area contributed by atoms with E-state index >= 15 is 0 Å². The van der Waals surface area contributed by atoms with Crippen LogP contribution in [0, 0.1) is 5.92 Å². The molecule has 3 atom stereocenters. The van der Waals surface area contributed by atoms with Crippen LogP contribution in [0.15, 0.2) is 48.5 Å². The fraction of sp³-hybridized carbons (Fsp3) is 0.448. The zero-order valence-corrected chi connectivity index (χ0v) is 23.5. The molecule has 3 amide bonds. The molecule has 0 aliphatic carbocycles. The van der Waals surface area contributed by atoms with Crippen LogP contribution in [0.2, 0.25) is 0 Å². The topological polar surface area (TPSA) is 126 Å². The van der Waals surface area contributed by atoms with E-state index in [0.29, 0.717) is 24.2 Å². The largest absolute Gasteiger partial charge is 0.497 e. The number of ether oxygens (including phenoxy) is 2. The van der Waals surface area contributed by atoms with E-state index in [-0.39, 0.29) is 24.8 Å². The lowest BCUT2D eigenvalue weighted by Crippen LogP contribution is -2.57.